The molecule has 18 heteroatoms. The van der Waals surface area contributed by atoms with Crippen LogP contribution in [0.1, 0.15) is 99.8 Å². The summed E-state index contributed by atoms with van der Waals surface area (Å²) in [5.41, 5.74) is -1.30. The molecule has 0 aromatic rings. The summed E-state index contributed by atoms with van der Waals surface area (Å²) in [6, 6.07) is 0. The maximum absolute atomic E-state index is 12.6. The van der Waals surface area contributed by atoms with E-state index in [-0.39, 0.29) is 50.5 Å². The largest absolute Gasteiger partial charge is 0.481 e. The molecule has 18 nitrogen and oxygen atoms in total. The van der Waals surface area contributed by atoms with Crippen LogP contribution in [0.5, 0.6) is 0 Å². The molecule has 3 saturated heterocycles. The minimum Gasteiger partial charge on any atom is -0.481 e. The molecule has 0 bridgehead atoms. The smallest absolute Gasteiger partial charge is 0.330 e. The van der Waals surface area contributed by atoms with Crippen molar-refractivity contribution in [3.8, 4) is 0 Å². The van der Waals surface area contributed by atoms with Gasteiger partial charge in [-0.1, -0.05) is 45.4 Å². The molecule has 0 unspecified atom stereocenters. The molecule has 3 aliphatic rings. The molecular formula is C43H66O18. The number of ether oxygens (including phenoxy) is 9. The Morgan fingerprint density at radius 1 is 0.836 bits per heavy atom. The lowest BCUT2D eigenvalue weighted by Gasteiger charge is -2.55. The lowest BCUT2D eigenvalue weighted by molar-refractivity contribution is -0.358. The molecule has 4 N–H and O–H groups in total. The number of hydrogen-bond acceptors (Lipinski definition) is 17. The third-order valence-electron chi connectivity index (χ3n) is 11.8. The highest BCUT2D eigenvalue weighted by atomic mass is 16.7. The van der Waals surface area contributed by atoms with Crippen LogP contribution >= 0.6 is 0 Å². The third-order valence-corrected chi connectivity index (χ3v) is 11.8. The summed E-state index contributed by atoms with van der Waals surface area (Å²) in [5, 5.41) is 40.7. The van der Waals surface area contributed by atoms with Gasteiger partial charge in [-0.2, -0.15) is 0 Å². The van der Waals surface area contributed by atoms with Crippen LogP contribution < -0.4 is 0 Å². The van der Waals surface area contributed by atoms with E-state index in [9.17, 15) is 44.4 Å². The predicted octanol–water partition coefficient (Wildman–Crippen LogP) is 3.22. The quantitative estimate of drug-likeness (QED) is 0.0668. The molecule has 3 heterocycles. The molecule has 0 saturated carbocycles. The van der Waals surface area contributed by atoms with Gasteiger partial charge in [-0.3, -0.25) is 14.4 Å². The number of aliphatic carboxylic acids is 1. The molecule has 0 spiro atoms. The number of methoxy groups -OCH3 is 4. The maximum Gasteiger partial charge on any atom is 0.330 e. The SMILES string of the molecule is COC(=O)/C=C1/C[C@@H](C[C@]2(OC)O[C@H](C[C@@H](O)CC(=O)O)C[C@H](OC(C)=O)C2(C)C)O[C@@H](/C=C/C(C)(C)[C@]2(OC)O[C@H](C[C@@H](O)[C@@H](C)O)C/C(=C\C(=O)OC)[C@@H]2OC(C)=O)C1. The zero-order chi connectivity index (χ0) is 46.1. The molecule has 3 rings (SSSR count). The molecular weight excluding hydrogens is 804 g/mol. The van der Waals surface area contributed by atoms with Crippen molar-refractivity contribution in [1.29, 1.82) is 0 Å². The van der Waals surface area contributed by atoms with E-state index in [0.717, 1.165) is 0 Å². The van der Waals surface area contributed by atoms with Gasteiger partial charge in [-0.15, -0.1) is 0 Å². The van der Waals surface area contributed by atoms with Gasteiger partial charge < -0.3 is 63.1 Å². The first-order valence-electron chi connectivity index (χ1n) is 20.3. The van der Waals surface area contributed by atoms with Gasteiger partial charge in [0, 0.05) is 71.3 Å². The fourth-order valence-corrected chi connectivity index (χ4v) is 8.54. The van der Waals surface area contributed by atoms with E-state index in [0.29, 0.717) is 5.57 Å². The summed E-state index contributed by atoms with van der Waals surface area (Å²) in [5.74, 6) is -7.11. The topological polar surface area (TPSA) is 249 Å². The summed E-state index contributed by atoms with van der Waals surface area (Å²) < 4.78 is 53.7. The minimum atomic E-state index is -1.83. The number of carboxylic acids is 1. The Kier molecular flexibility index (Phi) is 18.2. The van der Waals surface area contributed by atoms with Crippen LogP contribution in [-0.2, 0) is 66.6 Å². The summed E-state index contributed by atoms with van der Waals surface area (Å²) in [4.78, 5) is 61.6. The van der Waals surface area contributed by atoms with Crippen LogP contribution in [0.15, 0.2) is 35.5 Å². The van der Waals surface area contributed by atoms with Crippen LogP contribution in [0.3, 0.4) is 0 Å². The van der Waals surface area contributed by atoms with Crippen LogP contribution in [0.4, 0.5) is 0 Å². The molecule has 61 heavy (non-hydrogen) atoms. The fourth-order valence-electron chi connectivity index (χ4n) is 8.54. The van der Waals surface area contributed by atoms with Crippen molar-refractivity contribution in [3.05, 3.63) is 35.5 Å². The van der Waals surface area contributed by atoms with Gasteiger partial charge in [0.2, 0.25) is 5.79 Å². The molecule has 0 aromatic heterocycles. The van der Waals surface area contributed by atoms with Crippen LogP contribution in [0.2, 0.25) is 0 Å². The van der Waals surface area contributed by atoms with Crippen LogP contribution in [0, 0.1) is 10.8 Å². The molecule has 3 aliphatic heterocycles. The average Bonchev–Trinajstić information content (AvgIpc) is 3.15. The number of aliphatic hydroxyl groups excluding tert-OH is 3. The van der Waals surface area contributed by atoms with Crippen LogP contribution in [-0.4, -0.2) is 145 Å². The van der Waals surface area contributed by atoms with Gasteiger partial charge in [-0.05, 0) is 31.8 Å². The first kappa shape index (κ1) is 51.6. The minimum absolute atomic E-state index is 0.0220. The molecule has 346 valence electrons. The second-order valence-electron chi connectivity index (χ2n) is 17.1. The Morgan fingerprint density at radius 2 is 1.46 bits per heavy atom. The summed E-state index contributed by atoms with van der Waals surface area (Å²) in [7, 11) is 5.24. The van der Waals surface area contributed by atoms with Gasteiger partial charge in [0.05, 0.1) is 68.8 Å². The molecule has 3 fully saturated rings. The van der Waals surface area contributed by atoms with E-state index < -0.39 is 114 Å². The second kappa shape index (κ2) is 21.6. The number of hydrogen-bond donors (Lipinski definition) is 4. The van der Waals surface area contributed by atoms with Gasteiger partial charge in [-0.25, -0.2) is 9.59 Å². The molecule has 11 atom stereocenters. The number of carbonyl (C=O) groups excluding carboxylic acids is 4. The highest BCUT2D eigenvalue weighted by molar-refractivity contribution is 5.83. The summed E-state index contributed by atoms with van der Waals surface area (Å²) in [6.07, 6.45) is -2.68. The number of carbonyl (C=O) groups is 5. The van der Waals surface area contributed by atoms with Gasteiger partial charge >= 0.3 is 29.8 Å². The highest BCUT2D eigenvalue weighted by Gasteiger charge is 2.61. The van der Waals surface area contributed by atoms with E-state index in [4.69, 9.17) is 42.6 Å². The Hall–Kier alpha value is -3.75. The van der Waals surface area contributed by atoms with Crippen molar-refractivity contribution in [2.45, 2.75) is 166 Å². The van der Waals surface area contributed by atoms with E-state index in [1.54, 1.807) is 26.0 Å². The number of esters is 4. The van der Waals surface area contributed by atoms with E-state index in [1.165, 1.54) is 61.4 Å². The van der Waals surface area contributed by atoms with Gasteiger partial charge in [0.1, 0.15) is 6.10 Å². The van der Waals surface area contributed by atoms with E-state index >= 15 is 0 Å². The van der Waals surface area contributed by atoms with Gasteiger partial charge in [0.25, 0.3) is 0 Å². The molecule has 0 amide bonds. The standard InChI is InChI=1S/C43H66O18/c1-24(44)34(48)21-31-17-28(18-38(52)54-9)39(58-26(3)46)43(56-11,61-31)40(4,5)13-12-30-14-27(16-37(51)53-8)15-33(59-30)23-42(55-10)41(6,7)35(57-25(2)45)22-32(60-42)19-29(47)20-36(49)50/h12-13,16,18,24,29-35,39,44,47-48H,14-15,17,19-23H2,1-11H3,(H,49,50)/b13-12+,27-16+,28-18+/t24-,29-,30+,31+,32-,33+,34-,35+,39+,42+,43-/m1/s1. The predicted molar refractivity (Wildman–Crippen MR) is 214 cm³/mol. The second-order valence-corrected chi connectivity index (χ2v) is 17.1. The van der Waals surface area contributed by atoms with Crippen molar-refractivity contribution < 1.29 is 87.0 Å². The van der Waals surface area contributed by atoms with Crippen molar-refractivity contribution >= 4 is 29.8 Å². The van der Waals surface area contributed by atoms with Crippen LogP contribution in [0.25, 0.3) is 0 Å². The lowest BCUT2D eigenvalue weighted by atomic mass is 9.70. The van der Waals surface area contributed by atoms with Crippen molar-refractivity contribution in [2.75, 3.05) is 28.4 Å². The molecule has 0 aliphatic carbocycles. The van der Waals surface area contributed by atoms with Crippen molar-refractivity contribution in [1.82, 2.24) is 0 Å². The first-order valence-corrected chi connectivity index (χ1v) is 20.3. The maximum atomic E-state index is 12.6. The fraction of sp³-hybridized carbons (Fsp3) is 0.744. The summed E-state index contributed by atoms with van der Waals surface area (Å²) in [6.45, 7) is 11.0. The van der Waals surface area contributed by atoms with Crippen molar-refractivity contribution in [2.24, 2.45) is 10.8 Å². The summed E-state index contributed by atoms with van der Waals surface area (Å²) >= 11 is 0. The lowest BCUT2D eigenvalue weighted by Crippen LogP contribution is -2.63. The van der Waals surface area contributed by atoms with E-state index in [2.05, 4.69) is 0 Å². The molecule has 0 radical (unpaired) electrons. The van der Waals surface area contributed by atoms with Gasteiger partial charge in [0.15, 0.2) is 11.9 Å². The Bertz CT molecular complexity index is 1650. The zero-order valence-corrected chi connectivity index (χ0v) is 37.2. The Morgan fingerprint density at radius 3 is 2.00 bits per heavy atom. The van der Waals surface area contributed by atoms with E-state index in [1.807, 2.05) is 13.8 Å². The van der Waals surface area contributed by atoms with Crippen molar-refractivity contribution in [3.63, 3.8) is 0 Å². The zero-order valence-electron chi connectivity index (χ0n) is 37.2. The first-order chi connectivity index (χ1) is 28.4. The third kappa shape index (κ3) is 12.9. The number of rotatable bonds is 18. The average molecular weight is 871 g/mol. The Labute approximate surface area is 357 Å². The Balaban J connectivity index is 2.11. The normalized spacial score (nSPS) is 32.2. The highest BCUT2D eigenvalue weighted by Crippen LogP contribution is 2.52. The number of aliphatic hydroxyl groups is 3. The monoisotopic (exact) mass is 870 g/mol. The number of carboxylic acid groups (broad SMARTS) is 1. The molecule has 0 aromatic carbocycles.